The summed E-state index contributed by atoms with van der Waals surface area (Å²) in [6.07, 6.45) is -1.17. The first-order chi connectivity index (χ1) is 7.93. The number of fused-ring (bicyclic) bond motifs is 1. The molecule has 0 aromatic heterocycles. The van der Waals surface area contributed by atoms with Crippen LogP contribution in [0, 0.1) is 11.8 Å². The maximum Gasteiger partial charge on any atom is 0.412 e. The van der Waals surface area contributed by atoms with Gasteiger partial charge in [-0.25, -0.2) is 0 Å². The van der Waals surface area contributed by atoms with Crippen LogP contribution in [-0.2, 0) is 4.74 Å². The maximum atomic E-state index is 12.5. The number of hydrogen-bond acceptors (Lipinski definition) is 1. The van der Waals surface area contributed by atoms with Gasteiger partial charge in [0.05, 0.1) is 0 Å². The molecular weight excluding hydrogens is 253 g/mol. The molecule has 17 heavy (non-hydrogen) atoms. The topological polar surface area (TPSA) is 9.23 Å². The minimum Gasteiger partial charge on any atom is -0.493 e. The molecule has 0 radical (unpaired) electrons. The molecule has 2 aliphatic rings. The molecule has 2 atom stereocenters. The Morgan fingerprint density at radius 3 is 2.71 bits per heavy atom. The Morgan fingerprint density at radius 1 is 1.41 bits per heavy atom. The first kappa shape index (κ1) is 12.6. The van der Waals surface area contributed by atoms with Gasteiger partial charge in [0, 0.05) is 17.4 Å². The lowest BCUT2D eigenvalue weighted by molar-refractivity contribution is -0.0961. The fourth-order valence-electron chi connectivity index (χ4n) is 1.96. The molecule has 1 nitrogen and oxygen atoms in total. The highest BCUT2D eigenvalue weighted by Gasteiger charge is 2.53. The summed E-state index contributed by atoms with van der Waals surface area (Å²) in [6.45, 7) is 3.94. The molecule has 0 aliphatic heterocycles. The van der Waals surface area contributed by atoms with Crippen LogP contribution in [-0.4, -0.2) is 18.7 Å². The third-order valence-electron chi connectivity index (χ3n) is 2.94. The van der Waals surface area contributed by atoms with Gasteiger partial charge in [-0.1, -0.05) is 12.7 Å². The molecular formula is C12H12ClF3O. The van der Waals surface area contributed by atoms with Crippen LogP contribution in [0.5, 0.6) is 0 Å². The molecule has 0 amide bonds. The SMILES string of the molecule is C=C(CCl)COC1=CC=C(C(F)(F)F)C2CC12. The predicted octanol–water partition coefficient (Wildman–Crippen LogP) is 3.82. The summed E-state index contributed by atoms with van der Waals surface area (Å²) >= 11 is 5.54. The lowest BCUT2D eigenvalue weighted by Crippen LogP contribution is -2.16. The molecule has 0 bridgehead atoms. The van der Waals surface area contributed by atoms with Gasteiger partial charge in [0.1, 0.15) is 12.4 Å². The quantitative estimate of drug-likeness (QED) is 0.554. The molecule has 5 heteroatoms. The first-order valence-corrected chi connectivity index (χ1v) is 5.81. The monoisotopic (exact) mass is 264 g/mol. The van der Waals surface area contributed by atoms with Crippen molar-refractivity contribution in [2.45, 2.75) is 12.6 Å². The summed E-state index contributed by atoms with van der Waals surface area (Å²) in [5.74, 6) is 0.388. The van der Waals surface area contributed by atoms with Crippen molar-refractivity contribution < 1.29 is 17.9 Å². The molecule has 1 saturated carbocycles. The van der Waals surface area contributed by atoms with Crippen LogP contribution in [0.25, 0.3) is 0 Å². The number of halogens is 4. The van der Waals surface area contributed by atoms with E-state index in [1.807, 2.05) is 0 Å². The zero-order valence-corrected chi connectivity index (χ0v) is 9.81. The predicted molar refractivity (Wildman–Crippen MR) is 59.6 cm³/mol. The fourth-order valence-corrected chi connectivity index (χ4v) is 2.03. The van der Waals surface area contributed by atoms with E-state index in [2.05, 4.69) is 6.58 Å². The first-order valence-electron chi connectivity index (χ1n) is 5.28. The summed E-state index contributed by atoms with van der Waals surface area (Å²) in [6, 6.07) is 0. The van der Waals surface area contributed by atoms with Crippen LogP contribution < -0.4 is 0 Å². The van der Waals surface area contributed by atoms with E-state index in [1.54, 1.807) is 0 Å². The van der Waals surface area contributed by atoms with Gasteiger partial charge in [-0.3, -0.25) is 0 Å². The summed E-state index contributed by atoms with van der Waals surface area (Å²) in [5.41, 5.74) is 0.279. The van der Waals surface area contributed by atoms with Crippen molar-refractivity contribution in [2.24, 2.45) is 11.8 Å². The highest BCUT2D eigenvalue weighted by molar-refractivity contribution is 6.19. The third-order valence-corrected chi connectivity index (χ3v) is 3.32. The second-order valence-corrected chi connectivity index (χ2v) is 4.58. The third kappa shape index (κ3) is 2.68. The maximum absolute atomic E-state index is 12.5. The lowest BCUT2D eigenvalue weighted by Gasteiger charge is -2.17. The zero-order chi connectivity index (χ0) is 12.6. The van der Waals surface area contributed by atoms with Gasteiger partial charge in [0.25, 0.3) is 0 Å². The van der Waals surface area contributed by atoms with Crippen molar-refractivity contribution in [1.29, 1.82) is 0 Å². The number of hydrogen-bond donors (Lipinski definition) is 0. The normalized spacial score (nSPS) is 26.8. The largest absolute Gasteiger partial charge is 0.493 e. The number of ether oxygens (including phenoxy) is 1. The Balaban J connectivity index is 2.01. The molecule has 94 valence electrons. The van der Waals surface area contributed by atoms with Gasteiger partial charge >= 0.3 is 6.18 Å². The van der Waals surface area contributed by atoms with Crippen molar-refractivity contribution in [3.05, 3.63) is 35.6 Å². The second-order valence-electron chi connectivity index (χ2n) is 4.31. The Kier molecular flexibility index (Phi) is 3.25. The summed E-state index contributed by atoms with van der Waals surface area (Å²) < 4.78 is 43.0. The molecule has 0 aromatic rings. The van der Waals surface area contributed by atoms with Gasteiger partial charge in [-0.2, -0.15) is 13.2 Å². The van der Waals surface area contributed by atoms with Crippen LogP contribution in [0.15, 0.2) is 35.6 Å². The summed E-state index contributed by atoms with van der Waals surface area (Å²) in [5, 5.41) is 0. The van der Waals surface area contributed by atoms with Crippen molar-refractivity contribution >= 4 is 11.6 Å². The van der Waals surface area contributed by atoms with Crippen LogP contribution in [0.4, 0.5) is 13.2 Å². The number of allylic oxidation sites excluding steroid dienone is 4. The van der Waals surface area contributed by atoms with Crippen LogP contribution in [0.1, 0.15) is 6.42 Å². The molecule has 2 rings (SSSR count). The Bertz CT molecular complexity index is 395. The minimum atomic E-state index is -4.22. The number of alkyl halides is 4. The fraction of sp³-hybridized carbons (Fsp3) is 0.500. The van der Waals surface area contributed by atoms with E-state index < -0.39 is 17.7 Å². The molecule has 2 aliphatic carbocycles. The average molecular weight is 265 g/mol. The van der Waals surface area contributed by atoms with Crippen molar-refractivity contribution in [2.75, 3.05) is 12.5 Å². The molecule has 2 unspecified atom stereocenters. The lowest BCUT2D eigenvalue weighted by atomic mass is 10.0. The Hall–Kier alpha value is -0.900. The van der Waals surface area contributed by atoms with E-state index in [0.29, 0.717) is 18.1 Å². The van der Waals surface area contributed by atoms with Crippen LogP contribution in [0.3, 0.4) is 0 Å². The van der Waals surface area contributed by atoms with E-state index in [-0.39, 0.29) is 12.5 Å². The summed E-state index contributed by atoms with van der Waals surface area (Å²) in [7, 11) is 0. The van der Waals surface area contributed by atoms with Crippen molar-refractivity contribution in [1.82, 2.24) is 0 Å². The molecule has 0 spiro atoms. The highest BCUT2D eigenvalue weighted by atomic mass is 35.5. The highest BCUT2D eigenvalue weighted by Crippen LogP contribution is 2.55. The van der Waals surface area contributed by atoms with Gasteiger partial charge in [-0.15, -0.1) is 11.6 Å². The standard InChI is InChI=1S/C12H12ClF3O/c1-7(5-13)6-17-11-3-2-10(12(14,15)16)8-4-9(8)11/h2-3,8-9H,1,4-6H2. The van der Waals surface area contributed by atoms with Gasteiger partial charge in [-0.05, 0) is 24.0 Å². The molecule has 1 fully saturated rings. The smallest absolute Gasteiger partial charge is 0.412 e. The van der Waals surface area contributed by atoms with Gasteiger partial charge < -0.3 is 4.74 Å². The zero-order valence-electron chi connectivity index (χ0n) is 9.06. The Labute approximate surface area is 103 Å². The Morgan fingerprint density at radius 2 is 2.12 bits per heavy atom. The second kappa shape index (κ2) is 4.41. The van der Waals surface area contributed by atoms with Gasteiger partial charge in [0.15, 0.2) is 0 Å². The van der Waals surface area contributed by atoms with Crippen molar-refractivity contribution in [3.63, 3.8) is 0 Å². The number of rotatable bonds is 4. The average Bonchev–Trinajstić information content (AvgIpc) is 3.03. The minimum absolute atomic E-state index is 0.111. The van der Waals surface area contributed by atoms with E-state index in [1.165, 1.54) is 6.08 Å². The molecule has 0 N–H and O–H groups in total. The van der Waals surface area contributed by atoms with Crippen molar-refractivity contribution in [3.8, 4) is 0 Å². The van der Waals surface area contributed by atoms with E-state index in [4.69, 9.17) is 16.3 Å². The molecule has 0 aromatic carbocycles. The van der Waals surface area contributed by atoms with Crippen LogP contribution in [0.2, 0.25) is 0 Å². The van der Waals surface area contributed by atoms with E-state index >= 15 is 0 Å². The van der Waals surface area contributed by atoms with Gasteiger partial charge in [0.2, 0.25) is 0 Å². The van der Waals surface area contributed by atoms with E-state index in [9.17, 15) is 13.2 Å². The van der Waals surface area contributed by atoms with Crippen LogP contribution >= 0.6 is 11.6 Å². The molecule has 0 saturated heterocycles. The van der Waals surface area contributed by atoms with E-state index in [0.717, 1.165) is 11.6 Å². The summed E-state index contributed by atoms with van der Waals surface area (Å²) in [4.78, 5) is 0. The molecule has 0 heterocycles.